The average molecular weight is 393 g/mol. The molecule has 0 atom stereocenters. The molecular formula is C16H11BrClN3O2. The lowest BCUT2D eigenvalue weighted by Crippen LogP contribution is -2.20. The smallest absolute Gasteiger partial charge is 0.262 e. The van der Waals surface area contributed by atoms with Gasteiger partial charge in [-0.25, -0.2) is 9.97 Å². The maximum Gasteiger partial charge on any atom is 0.262 e. The molecule has 1 aromatic heterocycles. The summed E-state index contributed by atoms with van der Waals surface area (Å²) in [5, 5.41) is 4.07. The summed E-state index contributed by atoms with van der Waals surface area (Å²) in [5.41, 5.74) is 1.40. The SMILES string of the molecule is O=C(COc1ncnc2ccc(Br)cc12)Nc1ccc(Cl)cc1. The zero-order chi connectivity index (χ0) is 16.2. The van der Waals surface area contributed by atoms with Gasteiger partial charge in [-0.15, -0.1) is 0 Å². The van der Waals surface area contributed by atoms with Gasteiger partial charge >= 0.3 is 0 Å². The third kappa shape index (κ3) is 3.97. The van der Waals surface area contributed by atoms with Crippen LogP contribution in [-0.4, -0.2) is 22.5 Å². The van der Waals surface area contributed by atoms with E-state index in [0.29, 0.717) is 16.6 Å². The van der Waals surface area contributed by atoms with Crippen molar-refractivity contribution in [2.45, 2.75) is 0 Å². The predicted molar refractivity (Wildman–Crippen MR) is 92.8 cm³/mol. The molecule has 0 saturated carbocycles. The van der Waals surface area contributed by atoms with E-state index >= 15 is 0 Å². The van der Waals surface area contributed by atoms with Crippen LogP contribution in [0.1, 0.15) is 0 Å². The largest absolute Gasteiger partial charge is 0.467 e. The van der Waals surface area contributed by atoms with Crippen LogP contribution in [0.15, 0.2) is 53.3 Å². The summed E-state index contributed by atoms with van der Waals surface area (Å²) in [6.45, 7) is -0.152. The molecule has 0 bridgehead atoms. The van der Waals surface area contributed by atoms with Crippen molar-refractivity contribution in [2.75, 3.05) is 11.9 Å². The highest BCUT2D eigenvalue weighted by molar-refractivity contribution is 9.10. The van der Waals surface area contributed by atoms with Crippen LogP contribution < -0.4 is 10.1 Å². The highest BCUT2D eigenvalue weighted by atomic mass is 79.9. The molecule has 3 rings (SSSR count). The number of rotatable bonds is 4. The number of nitrogens with one attached hydrogen (secondary N) is 1. The van der Waals surface area contributed by atoms with Crippen LogP contribution in [0.25, 0.3) is 10.9 Å². The van der Waals surface area contributed by atoms with Gasteiger partial charge in [0, 0.05) is 15.2 Å². The fraction of sp³-hybridized carbons (Fsp3) is 0.0625. The minimum absolute atomic E-state index is 0.152. The number of benzene rings is 2. The van der Waals surface area contributed by atoms with Crippen molar-refractivity contribution in [3.05, 3.63) is 58.3 Å². The van der Waals surface area contributed by atoms with Crippen molar-refractivity contribution < 1.29 is 9.53 Å². The van der Waals surface area contributed by atoms with Gasteiger partial charge in [0.2, 0.25) is 5.88 Å². The molecule has 23 heavy (non-hydrogen) atoms. The number of hydrogen-bond donors (Lipinski definition) is 1. The molecule has 116 valence electrons. The summed E-state index contributed by atoms with van der Waals surface area (Å²) >= 11 is 9.20. The second-order valence-corrected chi connectivity index (χ2v) is 6.04. The lowest BCUT2D eigenvalue weighted by molar-refractivity contribution is -0.118. The van der Waals surface area contributed by atoms with Crippen molar-refractivity contribution in [1.29, 1.82) is 0 Å². The van der Waals surface area contributed by atoms with E-state index in [1.165, 1.54) is 6.33 Å². The van der Waals surface area contributed by atoms with E-state index in [4.69, 9.17) is 16.3 Å². The summed E-state index contributed by atoms with van der Waals surface area (Å²) in [4.78, 5) is 20.2. The number of amides is 1. The van der Waals surface area contributed by atoms with E-state index in [9.17, 15) is 4.79 Å². The lowest BCUT2D eigenvalue weighted by atomic mass is 10.2. The topological polar surface area (TPSA) is 64.1 Å². The first-order chi connectivity index (χ1) is 11.1. The Hall–Kier alpha value is -2.18. The number of anilines is 1. The fourth-order valence-electron chi connectivity index (χ4n) is 1.98. The van der Waals surface area contributed by atoms with Gasteiger partial charge in [-0.3, -0.25) is 4.79 Å². The normalized spacial score (nSPS) is 10.5. The van der Waals surface area contributed by atoms with Crippen LogP contribution in [0.4, 0.5) is 5.69 Å². The van der Waals surface area contributed by atoms with Crippen molar-refractivity contribution >= 4 is 50.0 Å². The minimum Gasteiger partial charge on any atom is -0.467 e. The van der Waals surface area contributed by atoms with Crippen LogP contribution in [0.2, 0.25) is 5.02 Å². The Labute approximate surface area is 145 Å². The van der Waals surface area contributed by atoms with Gasteiger partial charge in [0.15, 0.2) is 6.61 Å². The van der Waals surface area contributed by atoms with Crippen molar-refractivity contribution in [3.8, 4) is 5.88 Å². The molecule has 3 aromatic rings. The highest BCUT2D eigenvalue weighted by Crippen LogP contribution is 2.24. The number of fused-ring (bicyclic) bond motifs is 1. The number of halogens is 2. The van der Waals surface area contributed by atoms with Crippen LogP contribution >= 0.6 is 27.5 Å². The van der Waals surface area contributed by atoms with Crippen molar-refractivity contribution in [1.82, 2.24) is 9.97 Å². The maximum atomic E-state index is 12.0. The van der Waals surface area contributed by atoms with Crippen LogP contribution in [0, 0.1) is 0 Å². The molecule has 7 heteroatoms. The summed E-state index contributed by atoms with van der Waals surface area (Å²) < 4.78 is 6.41. The number of aromatic nitrogens is 2. The second-order valence-electron chi connectivity index (χ2n) is 4.68. The van der Waals surface area contributed by atoms with Gasteiger partial charge in [-0.1, -0.05) is 27.5 Å². The van der Waals surface area contributed by atoms with Gasteiger partial charge in [-0.2, -0.15) is 0 Å². The molecule has 2 aromatic carbocycles. The Morgan fingerprint density at radius 2 is 1.96 bits per heavy atom. The number of ether oxygens (including phenoxy) is 1. The molecule has 1 amide bonds. The first kappa shape index (κ1) is 15.7. The van der Waals surface area contributed by atoms with Crippen molar-refractivity contribution in [2.24, 2.45) is 0 Å². The summed E-state index contributed by atoms with van der Waals surface area (Å²) in [6.07, 6.45) is 1.41. The Kier molecular flexibility index (Phi) is 4.73. The number of carbonyl (C=O) groups is 1. The van der Waals surface area contributed by atoms with E-state index < -0.39 is 0 Å². The van der Waals surface area contributed by atoms with Gasteiger partial charge in [0.05, 0.1) is 10.9 Å². The number of hydrogen-bond acceptors (Lipinski definition) is 4. The van der Waals surface area contributed by atoms with Gasteiger partial charge in [0.1, 0.15) is 6.33 Å². The summed E-state index contributed by atoms with van der Waals surface area (Å²) in [5.74, 6) is 0.0802. The summed E-state index contributed by atoms with van der Waals surface area (Å²) in [6, 6.07) is 12.4. The first-order valence-corrected chi connectivity index (χ1v) is 7.87. The second kappa shape index (κ2) is 6.93. The van der Waals surface area contributed by atoms with E-state index in [1.807, 2.05) is 18.2 Å². The molecule has 0 saturated heterocycles. The highest BCUT2D eigenvalue weighted by Gasteiger charge is 2.09. The standard InChI is InChI=1S/C16H11BrClN3O2/c17-10-1-6-14-13(7-10)16(20-9-19-14)23-8-15(22)21-12-4-2-11(18)3-5-12/h1-7,9H,8H2,(H,21,22). The Morgan fingerprint density at radius 3 is 2.74 bits per heavy atom. The average Bonchev–Trinajstić information content (AvgIpc) is 2.55. The van der Waals surface area contributed by atoms with Gasteiger partial charge in [0.25, 0.3) is 5.91 Å². The lowest BCUT2D eigenvalue weighted by Gasteiger charge is -2.09. The Balaban J connectivity index is 1.69. The first-order valence-electron chi connectivity index (χ1n) is 6.70. The van der Waals surface area contributed by atoms with Crippen molar-refractivity contribution in [3.63, 3.8) is 0 Å². The van der Waals surface area contributed by atoms with E-state index in [-0.39, 0.29) is 12.5 Å². The summed E-state index contributed by atoms with van der Waals surface area (Å²) in [7, 11) is 0. The molecule has 0 fully saturated rings. The minimum atomic E-state index is -0.283. The number of nitrogens with zero attached hydrogens (tertiary/aromatic N) is 2. The van der Waals surface area contributed by atoms with Gasteiger partial charge in [-0.05, 0) is 42.5 Å². The van der Waals surface area contributed by atoms with Crippen LogP contribution in [0.3, 0.4) is 0 Å². The predicted octanol–water partition coefficient (Wildman–Crippen LogP) is 4.06. The monoisotopic (exact) mass is 391 g/mol. The molecule has 0 aliphatic carbocycles. The third-order valence-electron chi connectivity index (χ3n) is 3.03. The van der Waals surface area contributed by atoms with Crippen LogP contribution in [0.5, 0.6) is 5.88 Å². The molecule has 1 heterocycles. The zero-order valence-electron chi connectivity index (χ0n) is 11.8. The van der Waals surface area contributed by atoms with E-state index in [2.05, 4.69) is 31.2 Å². The molecule has 0 spiro atoms. The molecule has 1 N–H and O–H groups in total. The molecule has 0 unspecified atom stereocenters. The number of carbonyl (C=O) groups excluding carboxylic acids is 1. The maximum absolute atomic E-state index is 12.0. The molecule has 0 radical (unpaired) electrons. The van der Waals surface area contributed by atoms with Crippen LogP contribution in [-0.2, 0) is 4.79 Å². The molecule has 5 nitrogen and oxygen atoms in total. The zero-order valence-corrected chi connectivity index (χ0v) is 14.1. The molecular weight excluding hydrogens is 382 g/mol. The molecule has 0 aliphatic heterocycles. The molecule has 0 aliphatic rings. The third-order valence-corrected chi connectivity index (χ3v) is 3.77. The quantitative estimate of drug-likeness (QED) is 0.727. The van der Waals surface area contributed by atoms with Gasteiger partial charge < -0.3 is 10.1 Å². The Bertz CT molecular complexity index is 856. The van der Waals surface area contributed by atoms with E-state index in [0.717, 1.165) is 15.4 Å². The van der Waals surface area contributed by atoms with E-state index in [1.54, 1.807) is 24.3 Å². The fourth-order valence-corrected chi connectivity index (χ4v) is 2.47. The Morgan fingerprint density at radius 1 is 1.17 bits per heavy atom.